The first-order chi connectivity index (χ1) is 23.4. The minimum absolute atomic E-state index is 0.0158. The predicted molar refractivity (Wildman–Crippen MR) is 192 cm³/mol. The Hall–Kier alpha value is -5.54. The smallest absolute Gasteiger partial charge is 0.272 e. The molecule has 0 saturated carbocycles. The Morgan fingerprint density at radius 3 is 2.12 bits per heavy atom. The van der Waals surface area contributed by atoms with Crippen LogP contribution in [0.1, 0.15) is 42.8 Å². The molecule has 0 fully saturated rings. The number of furan rings is 1. The number of hydrogen-bond acceptors (Lipinski definition) is 6. The van der Waals surface area contributed by atoms with E-state index < -0.39 is 11.8 Å². The molecule has 5 rings (SSSR count). The molecule has 0 spiro atoms. The summed E-state index contributed by atoms with van der Waals surface area (Å²) in [7, 11) is 0. The number of carbonyl (C=O) groups excluding carboxylic acids is 3. The van der Waals surface area contributed by atoms with E-state index in [1.54, 1.807) is 42.5 Å². The molecule has 5 aromatic rings. The third-order valence-electron chi connectivity index (χ3n) is 7.18. The maximum Gasteiger partial charge on any atom is 0.272 e. The van der Waals surface area contributed by atoms with Gasteiger partial charge in [0.15, 0.2) is 0 Å². The van der Waals surface area contributed by atoms with Crippen molar-refractivity contribution in [3.63, 3.8) is 0 Å². The molecule has 0 aliphatic carbocycles. The molecule has 1 atom stereocenters. The summed E-state index contributed by atoms with van der Waals surface area (Å²) in [6.45, 7) is 4.62. The number of nitrogens with one attached hydrogen (secondary N) is 3. The topological polar surface area (TPSA) is 110 Å². The number of anilines is 2. The molecule has 1 heterocycles. The second-order valence-corrected chi connectivity index (χ2v) is 12.3. The van der Waals surface area contributed by atoms with Crippen molar-refractivity contribution in [2.24, 2.45) is 0 Å². The molecule has 3 amide bonds. The lowest BCUT2D eigenvalue weighted by atomic mass is 10.2. The number of ether oxygens (including phenoxy) is 1. The first-order valence-corrected chi connectivity index (χ1v) is 16.6. The molecule has 0 aliphatic heterocycles. The zero-order valence-corrected chi connectivity index (χ0v) is 27.6. The number of amides is 3. The monoisotopic (exact) mass is 659 g/mol. The number of unbranched alkanes of at least 4 members (excludes halogenated alkanes) is 1. The summed E-state index contributed by atoms with van der Waals surface area (Å²) in [5.74, 6) is 0.735. The molecular weight excluding hydrogens is 623 g/mol. The molecule has 3 N–H and O–H groups in total. The maximum atomic E-state index is 13.5. The first-order valence-electron chi connectivity index (χ1n) is 15.7. The molecule has 4 aromatic carbocycles. The molecule has 48 heavy (non-hydrogen) atoms. The van der Waals surface area contributed by atoms with Crippen molar-refractivity contribution in [1.29, 1.82) is 0 Å². The SMILES string of the molecule is CCCCOc1ccc(NC(=O)[C@H](C)Sc2ccc(NC(=O)/C(=C\c3ccc(-c4ccccc4)o3)NC(=O)c3ccccc3)cc2)cc1. The van der Waals surface area contributed by atoms with Gasteiger partial charge in [-0.05, 0) is 86.1 Å². The van der Waals surface area contributed by atoms with Crippen LogP contribution < -0.4 is 20.7 Å². The van der Waals surface area contributed by atoms with Gasteiger partial charge in [0.05, 0.1) is 11.9 Å². The number of carbonyl (C=O) groups is 3. The number of thioether (sulfide) groups is 1. The van der Waals surface area contributed by atoms with E-state index in [2.05, 4.69) is 22.9 Å². The molecular formula is C39H37N3O5S. The highest BCUT2D eigenvalue weighted by molar-refractivity contribution is 8.00. The Morgan fingerprint density at radius 1 is 0.792 bits per heavy atom. The molecule has 0 aliphatic rings. The Balaban J connectivity index is 1.22. The van der Waals surface area contributed by atoms with E-state index in [4.69, 9.17) is 9.15 Å². The standard InChI is InChI=1S/C39H37N3O5S/c1-3-4-25-46-32-19-15-30(16-20-32)40-37(43)27(2)48-34-22-17-31(18-23-34)41-39(45)35(42-38(44)29-13-9-6-10-14-29)26-33-21-24-36(47-33)28-11-7-5-8-12-28/h5-24,26-27H,3-4,25H2,1-2H3,(H,40,43)(H,41,45)(H,42,44)/b35-26+/t27-/m0/s1. The van der Waals surface area contributed by atoms with Gasteiger partial charge in [0, 0.05) is 33.5 Å². The molecule has 0 radical (unpaired) electrons. The molecule has 9 heteroatoms. The Morgan fingerprint density at radius 2 is 1.44 bits per heavy atom. The van der Waals surface area contributed by atoms with Crippen LogP contribution in [0.15, 0.2) is 136 Å². The highest BCUT2D eigenvalue weighted by Crippen LogP contribution is 2.27. The summed E-state index contributed by atoms with van der Waals surface area (Å²) in [6.07, 6.45) is 3.56. The highest BCUT2D eigenvalue weighted by Gasteiger charge is 2.18. The van der Waals surface area contributed by atoms with Crippen molar-refractivity contribution in [2.45, 2.75) is 36.8 Å². The van der Waals surface area contributed by atoms with Crippen LogP contribution in [0.25, 0.3) is 17.4 Å². The largest absolute Gasteiger partial charge is 0.494 e. The second kappa shape index (κ2) is 16.9. The fourth-order valence-corrected chi connectivity index (χ4v) is 5.43. The third kappa shape index (κ3) is 9.73. The van der Waals surface area contributed by atoms with Crippen LogP contribution in [-0.2, 0) is 9.59 Å². The summed E-state index contributed by atoms with van der Waals surface area (Å²) < 4.78 is 11.7. The van der Waals surface area contributed by atoms with Crippen molar-refractivity contribution in [3.05, 3.63) is 138 Å². The number of rotatable bonds is 14. The molecule has 0 saturated heterocycles. The lowest BCUT2D eigenvalue weighted by Crippen LogP contribution is -2.30. The van der Waals surface area contributed by atoms with Crippen LogP contribution in [0.2, 0.25) is 0 Å². The summed E-state index contributed by atoms with van der Waals surface area (Å²) in [6, 6.07) is 36.3. The zero-order valence-electron chi connectivity index (χ0n) is 26.8. The number of benzene rings is 4. The van der Waals surface area contributed by atoms with Gasteiger partial charge in [0.25, 0.3) is 11.8 Å². The van der Waals surface area contributed by atoms with Gasteiger partial charge in [0.2, 0.25) is 5.91 Å². The molecule has 1 aromatic heterocycles. The fraction of sp³-hybridized carbons (Fsp3) is 0.154. The van der Waals surface area contributed by atoms with Crippen molar-refractivity contribution >= 4 is 46.9 Å². The van der Waals surface area contributed by atoms with Gasteiger partial charge in [-0.25, -0.2) is 0 Å². The highest BCUT2D eigenvalue weighted by atomic mass is 32.2. The van der Waals surface area contributed by atoms with Crippen LogP contribution in [0.3, 0.4) is 0 Å². The summed E-state index contributed by atoms with van der Waals surface area (Å²) in [5, 5.41) is 8.15. The van der Waals surface area contributed by atoms with Gasteiger partial charge in [-0.2, -0.15) is 0 Å². The minimum atomic E-state index is -0.521. The molecule has 8 nitrogen and oxygen atoms in total. The summed E-state index contributed by atoms with van der Waals surface area (Å²) >= 11 is 1.40. The van der Waals surface area contributed by atoms with Crippen molar-refractivity contribution in [2.75, 3.05) is 17.2 Å². The molecule has 0 unspecified atom stereocenters. The van der Waals surface area contributed by atoms with Crippen molar-refractivity contribution in [3.8, 4) is 17.1 Å². The first kappa shape index (κ1) is 33.8. The van der Waals surface area contributed by atoms with Crippen LogP contribution in [0, 0.1) is 0 Å². The van der Waals surface area contributed by atoms with Gasteiger partial charge >= 0.3 is 0 Å². The van der Waals surface area contributed by atoms with Gasteiger partial charge in [-0.3, -0.25) is 14.4 Å². The van der Waals surface area contributed by atoms with Crippen LogP contribution in [0.5, 0.6) is 5.75 Å². The van der Waals surface area contributed by atoms with Crippen molar-refractivity contribution in [1.82, 2.24) is 5.32 Å². The van der Waals surface area contributed by atoms with Crippen molar-refractivity contribution < 1.29 is 23.5 Å². The van der Waals surface area contributed by atoms with Gasteiger partial charge in [-0.1, -0.05) is 61.9 Å². The third-order valence-corrected chi connectivity index (χ3v) is 8.30. The summed E-state index contributed by atoms with van der Waals surface area (Å²) in [5.41, 5.74) is 2.54. The Labute approximate surface area is 284 Å². The average Bonchev–Trinajstić information content (AvgIpc) is 3.59. The maximum absolute atomic E-state index is 13.5. The van der Waals surface area contributed by atoms with E-state index in [9.17, 15) is 14.4 Å². The van der Waals surface area contributed by atoms with Crippen LogP contribution in [0.4, 0.5) is 11.4 Å². The van der Waals surface area contributed by atoms with Crippen LogP contribution in [-0.4, -0.2) is 29.6 Å². The van der Waals surface area contributed by atoms with Gasteiger partial charge < -0.3 is 25.1 Å². The van der Waals surface area contributed by atoms with E-state index in [0.717, 1.165) is 29.1 Å². The molecule has 0 bridgehead atoms. The summed E-state index contributed by atoms with van der Waals surface area (Å²) in [4.78, 5) is 40.2. The van der Waals surface area contributed by atoms with E-state index in [1.807, 2.05) is 85.8 Å². The van der Waals surface area contributed by atoms with E-state index in [-0.39, 0.29) is 16.9 Å². The van der Waals surface area contributed by atoms with E-state index in [1.165, 1.54) is 17.8 Å². The number of hydrogen-bond donors (Lipinski definition) is 3. The average molecular weight is 660 g/mol. The quantitative estimate of drug-likeness (QED) is 0.0626. The van der Waals surface area contributed by atoms with E-state index in [0.29, 0.717) is 35.1 Å². The van der Waals surface area contributed by atoms with Gasteiger partial charge in [-0.15, -0.1) is 11.8 Å². The Bertz CT molecular complexity index is 1840. The predicted octanol–water partition coefficient (Wildman–Crippen LogP) is 8.65. The Kier molecular flexibility index (Phi) is 11.9. The fourth-order valence-electron chi connectivity index (χ4n) is 4.56. The second-order valence-electron chi connectivity index (χ2n) is 10.9. The lowest BCUT2D eigenvalue weighted by Gasteiger charge is -2.14. The molecule has 244 valence electrons. The minimum Gasteiger partial charge on any atom is -0.494 e. The zero-order chi connectivity index (χ0) is 33.7. The van der Waals surface area contributed by atoms with Crippen LogP contribution >= 0.6 is 11.8 Å². The van der Waals surface area contributed by atoms with Gasteiger partial charge in [0.1, 0.15) is 23.0 Å². The van der Waals surface area contributed by atoms with E-state index >= 15 is 0 Å². The lowest BCUT2D eigenvalue weighted by molar-refractivity contribution is -0.115. The normalized spacial score (nSPS) is 11.8.